The Bertz CT molecular complexity index is 47.5. The third-order valence-electron chi connectivity index (χ3n) is 1.16. The molecule has 2 heteroatoms. The van der Waals surface area contributed by atoms with Crippen molar-refractivity contribution in [1.82, 2.24) is 0 Å². The molecule has 0 amide bonds. The molecular weight excluding hydrogens is 160 g/mol. The van der Waals surface area contributed by atoms with Gasteiger partial charge in [0.1, 0.15) is 0 Å². The molecule has 0 nitrogen and oxygen atoms in total. The quantitative estimate of drug-likeness (QED) is 0.413. The second kappa shape index (κ2) is 1.74. The smallest absolute Gasteiger partial charge is 0.0262 e. The van der Waals surface area contributed by atoms with Crippen LogP contribution in [0.3, 0.4) is 0 Å². The molecule has 1 unspecified atom stereocenters. The van der Waals surface area contributed by atoms with Gasteiger partial charge in [-0.1, -0.05) is 15.9 Å². The van der Waals surface area contributed by atoms with Crippen molar-refractivity contribution in [2.24, 2.45) is 0 Å². The standard InChI is InChI=1S/C4H7BrS/c5-3-1-2-4(3)6/h3-4,6H,1-2H2/t3?,4-/m1/s1. The molecule has 0 N–H and O–H groups in total. The van der Waals surface area contributed by atoms with Gasteiger partial charge in [0.15, 0.2) is 0 Å². The maximum atomic E-state index is 4.23. The van der Waals surface area contributed by atoms with Crippen LogP contribution in [-0.4, -0.2) is 10.1 Å². The molecule has 0 aromatic heterocycles. The summed E-state index contributed by atoms with van der Waals surface area (Å²) in [5.74, 6) is 0. The van der Waals surface area contributed by atoms with Gasteiger partial charge >= 0.3 is 0 Å². The zero-order chi connectivity index (χ0) is 4.57. The summed E-state index contributed by atoms with van der Waals surface area (Å²) in [5.41, 5.74) is 0. The predicted molar refractivity (Wildman–Crippen MR) is 34.7 cm³/mol. The second-order valence-electron chi connectivity index (χ2n) is 1.66. The first-order valence-corrected chi connectivity index (χ1v) is 3.56. The SMILES string of the molecule is S[C@@H]1CCC1Br. The summed E-state index contributed by atoms with van der Waals surface area (Å²) in [7, 11) is 0. The van der Waals surface area contributed by atoms with Crippen LogP contribution in [0.15, 0.2) is 0 Å². The monoisotopic (exact) mass is 166 g/mol. The molecule has 2 atom stereocenters. The number of alkyl halides is 1. The summed E-state index contributed by atoms with van der Waals surface area (Å²) >= 11 is 7.68. The minimum Gasteiger partial charge on any atom is -0.175 e. The van der Waals surface area contributed by atoms with Crippen LogP contribution in [-0.2, 0) is 0 Å². The molecule has 0 radical (unpaired) electrons. The van der Waals surface area contributed by atoms with E-state index in [1.807, 2.05) is 0 Å². The van der Waals surface area contributed by atoms with Crippen LogP contribution in [0, 0.1) is 0 Å². The lowest BCUT2D eigenvalue weighted by molar-refractivity contribution is 0.552. The molecule has 0 aromatic carbocycles. The third kappa shape index (κ3) is 0.733. The maximum absolute atomic E-state index is 4.23. The highest BCUT2D eigenvalue weighted by molar-refractivity contribution is 9.09. The number of rotatable bonds is 0. The summed E-state index contributed by atoms with van der Waals surface area (Å²) in [5, 5.41) is 0.644. The highest BCUT2D eigenvalue weighted by Crippen LogP contribution is 2.31. The van der Waals surface area contributed by atoms with Crippen molar-refractivity contribution in [1.29, 1.82) is 0 Å². The molecule has 1 aliphatic carbocycles. The van der Waals surface area contributed by atoms with Gasteiger partial charge in [0, 0.05) is 10.1 Å². The number of hydrogen-bond acceptors (Lipinski definition) is 1. The Hall–Kier alpha value is 0.830. The summed E-state index contributed by atoms with van der Waals surface area (Å²) in [6.07, 6.45) is 2.60. The third-order valence-corrected chi connectivity index (χ3v) is 3.28. The van der Waals surface area contributed by atoms with Gasteiger partial charge in [-0.25, -0.2) is 0 Å². The van der Waals surface area contributed by atoms with Gasteiger partial charge in [0.25, 0.3) is 0 Å². The van der Waals surface area contributed by atoms with Gasteiger partial charge in [-0.15, -0.1) is 0 Å². The summed E-state index contributed by atoms with van der Waals surface area (Å²) < 4.78 is 0. The Morgan fingerprint density at radius 1 is 1.50 bits per heavy atom. The van der Waals surface area contributed by atoms with Gasteiger partial charge in [-0.3, -0.25) is 0 Å². The molecule has 1 aliphatic rings. The van der Waals surface area contributed by atoms with Crippen molar-refractivity contribution in [3.63, 3.8) is 0 Å². The molecule has 0 bridgehead atoms. The first-order valence-electron chi connectivity index (χ1n) is 2.13. The highest BCUT2D eigenvalue weighted by Gasteiger charge is 2.23. The van der Waals surface area contributed by atoms with Crippen molar-refractivity contribution in [2.75, 3.05) is 0 Å². The van der Waals surface area contributed by atoms with E-state index in [2.05, 4.69) is 28.6 Å². The zero-order valence-electron chi connectivity index (χ0n) is 3.39. The van der Waals surface area contributed by atoms with Crippen molar-refractivity contribution >= 4 is 28.6 Å². The van der Waals surface area contributed by atoms with E-state index in [-0.39, 0.29) is 0 Å². The van der Waals surface area contributed by atoms with E-state index in [4.69, 9.17) is 0 Å². The minimum absolute atomic E-state index is 0.644. The fourth-order valence-electron chi connectivity index (χ4n) is 0.442. The molecule has 1 saturated carbocycles. The van der Waals surface area contributed by atoms with Crippen LogP contribution < -0.4 is 0 Å². The van der Waals surface area contributed by atoms with E-state index < -0.39 is 0 Å². The minimum atomic E-state index is 0.644. The van der Waals surface area contributed by atoms with Gasteiger partial charge < -0.3 is 0 Å². The van der Waals surface area contributed by atoms with E-state index in [9.17, 15) is 0 Å². The van der Waals surface area contributed by atoms with E-state index >= 15 is 0 Å². The number of halogens is 1. The Balaban J connectivity index is 2.20. The number of thiol groups is 1. The van der Waals surface area contributed by atoms with Crippen LogP contribution in [0.2, 0.25) is 0 Å². The first-order chi connectivity index (χ1) is 2.80. The second-order valence-corrected chi connectivity index (χ2v) is 3.50. The molecule has 36 valence electrons. The van der Waals surface area contributed by atoms with Crippen LogP contribution in [0.4, 0.5) is 0 Å². The Kier molecular flexibility index (Phi) is 1.45. The Morgan fingerprint density at radius 2 is 2.00 bits per heavy atom. The molecule has 1 fully saturated rings. The molecule has 1 rings (SSSR count). The highest BCUT2D eigenvalue weighted by atomic mass is 79.9. The van der Waals surface area contributed by atoms with Crippen molar-refractivity contribution in [3.8, 4) is 0 Å². The first kappa shape index (κ1) is 4.98. The zero-order valence-corrected chi connectivity index (χ0v) is 5.87. The van der Waals surface area contributed by atoms with Crippen LogP contribution in [0.5, 0.6) is 0 Å². The average molecular weight is 167 g/mol. The van der Waals surface area contributed by atoms with Crippen LogP contribution in [0.25, 0.3) is 0 Å². The van der Waals surface area contributed by atoms with E-state index in [0.717, 1.165) is 0 Å². The summed E-state index contributed by atoms with van der Waals surface area (Å²) in [4.78, 5) is 0.709. The molecule has 0 spiro atoms. The van der Waals surface area contributed by atoms with Crippen molar-refractivity contribution in [2.45, 2.75) is 22.9 Å². The van der Waals surface area contributed by atoms with E-state index in [0.29, 0.717) is 10.1 Å². The molecular formula is C4H7BrS. The number of hydrogen-bond donors (Lipinski definition) is 1. The lowest BCUT2D eigenvalue weighted by Gasteiger charge is -2.26. The van der Waals surface area contributed by atoms with Gasteiger partial charge in [0.2, 0.25) is 0 Å². The van der Waals surface area contributed by atoms with Crippen molar-refractivity contribution < 1.29 is 0 Å². The predicted octanol–water partition coefficient (Wildman–Crippen LogP) is 1.84. The molecule has 0 saturated heterocycles. The lowest BCUT2D eigenvalue weighted by Crippen LogP contribution is -2.25. The maximum Gasteiger partial charge on any atom is 0.0262 e. The van der Waals surface area contributed by atoms with E-state index in [1.165, 1.54) is 12.8 Å². The Labute approximate surface area is 51.9 Å². The van der Waals surface area contributed by atoms with Crippen LogP contribution in [0.1, 0.15) is 12.8 Å². The summed E-state index contributed by atoms with van der Waals surface area (Å²) in [6.45, 7) is 0. The van der Waals surface area contributed by atoms with Crippen molar-refractivity contribution in [3.05, 3.63) is 0 Å². The van der Waals surface area contributed by atoms with Gasteiger partial charge in [0.05, 0.1) is 0 Å². The fraction of sp³-hybridized carbons (Fsp3) is 1.00. The summed E-state index contributed by atoms with van der Waals surface area (Å²) in [6, 6.07) is 0. The largest absolute Gasteiger partial charge is 0.175 e. The molecule has 0 heterocycles. The lowest BCUT2D eigenvalue weighted by atomic mass is 10.00. The Morgan fingerprint density at radius 3 is 2.00 bits per heavy atom. The molecule has 6 heavy (non-hydrogen) atoms. The van der Waals surface area contributed by atoms with Crippen LogP contribution >= 0.6 is 28.6 Å². The molecule has 0 aliphatic heterocycles. The fourth-order valence-corrected chi connectivity index (χ4v) is 1.27. The topological polar surface area (TPSA) is 0 Å². The average Bonchev–Trinajstić information content (AvgIpc) is 1.61. The van der Waals surface area contributed by atoms with Gasteiger partial charge in [-0.2, -0.15) is 12.6 Å². The van der Waals surface area contributed by atoms with Gasteiger partial charge in [-0.05, 0) is 12.8 Å². The molecule has 0 aromatic rings. The normalized spacial score (nSPS) is 45.0. The van der Waals surface area contributed by atoms with E-state index in [1.54, 1.807) is 0 Å².